The smallest absolute Gasteiger partial charge is 0.232 e. The fourth-order valence-electron chi connectivity index (χ4n) is 1.42. The van der Waals surface area contributed by atoms with Gasteiger partial charge < -0.3 is 10.1 Å². The van der Waals surface area contributed by atoms with E-state index < -0.39 is 0 Å². The molecule has 0 amide bonds. The SMILES string of the molecule is Cn1cc(CNCCOc2ncc(Cl)cc2Cl)nn1. The van der Waals surface area contributed by atoms with Crippen LogP contribution in [-0.4, -0.2) is 33.1 Å². The van der Waals surface area contributed by atoms with Gasteiger partial charge in [-0.15, -0.1) is 5.10 Å². The highest BCUT2D eigenvalue weighted by Gasteiger charge is 2.04. The number of nitrogens with one attached hydrogen (secondary N) is 1. The van der Waals surface area contributed by atoms with Crippen molar-refractivity contribution in [2.45, 2.75) is 6.54 Å². The first-order valence-corrected chi connectivity index (χ1v) is 6.40. The van der Waals surface area contributed by atoms with E-state index in [4.69, 9.17) is 27.9 Å². The molecule has 0 aliphatic carbocycles. The zero-order chi connectivity index (χ0) is 13.7. The van der Waals surface area contributed by atoms with Gasteiger partial charge in [0.15, 0.2) is 0 Å². The predicted octanol–water partition coefficient (Wildman–Crippen LogP) is 1.69. The van der Waals surface area contributed by atoms with Crippen LogP contribution in [0.1, 0.15) is 5.69 Å². The highest BCUT2D eigenvalue weighted by Crippen LogP contribution is 2.24. The first kappa shape index (κ1) is 14.0. The lowest BCUT2D eigenvalue weighted by Gasteiger charge is -2.07. The summed E-state index contributed by atoms with van der Waals surface area (Å²) in [5, 5.41) is 11.9. The Hall–Kier alpha value is -1.37. The summed E-state index contributed by atoms with van der Waals surface area (Å²) in [4.78, 5) is 4.00. The van der Waals surface area contributed by atoms with E-state index in [1.807, 2.05) is 13.2 Å². The van der Waals surface area contributed by atoms with Crippen molar-refractivity contribution >= 4 is 23.2 Å². The number of nitrogens with zero attached hydrogens (tertiary/aromatic N) is 4. The van der Waals surface area contributed by atoms with E-state index in [9.17, 15) is 0 Å². The van der Waals surface area contributed by atoms with Crippen LogP contribution in [0.25, 0.3) is 0 Å². The molecule has 0 aliphatic rings. The Morgan fingerprint density at radius 3 is 2.95 bits per heavy atom. The topological polar surface area (TPSA) is 64.9 Å². The van der Waals surface area contributed by atoms with Crippen molar-refractivity contribution in [3.8, 4) is 5.88 Å². The summed E-state index contributed by atoms with van der Waals surface area (Å²) in [5.41, 5.74) is 0.880. The first-order chi connectivity index (χ1) is 9.15. The van der Waals surface area contributed by atoms with Crippen LogP contribution in [-0.2, 0) is 13.6 Å². The Kier molecular flexibility index (Phi) is 4.95. The van der Waals surface area contributed by atoms with E-state index in [-0.39, 0.29) is 0 Å². The number of aryl methyl sites for hydroxylation is 1. The minimum atomic E-state index is 0.382. The molecule has 0 saturated heterocycles. The Bertz CT molecular complexity index is 546. The highest BCUT2D eigenvalue weighted by atomic mass is 35.5. The van der Waals surface area contributed by atoms with E-state index in [1.54, 1.807) is 10.7 Å². The normalized spacial score (nSPS) is 10.7. The number of rotatable bonds is 6. The lowest BCUT2D eigenvalue weighted by molar-refractivity contribution is 0.302. The lowest BCUT2D eigenvalue weighted by atomic mass is 10.4. The summed E-state index contributed by atoms with van der Waals surface area (Å²) >= 11 is 11.7. The number of halogens is 2. The maximum Gasteiger partial charge on any atom is 0.232 e. The molecular weight excluding hydrogens is 289 g/mol. The van der Waals surface area contributed by atoms with Crippen molar-refractivity contribution in [3.63, 3.8) is 0 Å². The maximum atomic E-state index is 5.93. The first-order valence-electron chi connectivity index (χ1n) is 5.65. The maximum absolute atomic E-state index is 5.93. The number of pyridine rings is 1. The lowest BCUT2D eigenvalue weighted by Crippen LogP contribution is -2.21. The Morgan fingerprint density at radius 1 is 1.42 bits per heavy atom. The second-order valence-corrected chi connectivity index (χ2v) is 4.69. The summed E-state index contributed by atoms with van der Waals surface area (Å²) in [5.74, 6) is 0.382. The Labute approximate surface area is 120 Å². The van der Waals surface area contributed by atoms with E-state index in [2.05, 4.69) is 20.6 Å². The van der Waals surface area contributed by atoms with Gasteiger partial charge in [-0.05, 0) is 6.07 Å². The molecule has 0 atom stereocenters. The van der Waals surface area contributed by atoms with E-state index in [0.717, 1.165) is 5.69 Å². The van der Waals surface area contributed by atoms with Crippen molar-refractivity contribution in [1.29, 1.82) is 0 Å². The Morgan fingerprint density at radius 2 is 2.26 bits per heavy atom. The highest BCUT2D eigenvalue weighted by molar-refractivity contribution is 6.35. The molecule has 0 radical (unpaired) electrons. The van der Waals surface area contributed by atoms with Crippen molar-refractivity contribution in [2.75, 3.05) is 13.2 Å². The van der Waals surface area contributed by atoms with Crippen molar-refractivity contribution in [1.82, 2.24) is 25.3 Å². The van der Waals surface area contributed by atoms with Gasteiger partial charge in [0, 0.05) is 32.5 Å². The molecular formula is C11H13Cl2N5O. The standard InChI is InChI=1S/C11H13Cl2N5O/c1-18-7-9(16-17-18)6-14-2-3-19-11-10(13)4-8(12)5-15-11/h4-5,7,14H,2-3,6H2,1H3. The van der Waals surface area contributed by atoms with Crippen LogP contribution in [0.3, 0.4) is 0 Å². The van der Waals surface area contributed by atoms with Crippen LogP contribution in [0, 0.1) is 0 Å². The molecule has 0 spiro atoms. The molecule has 0 aliphatic heterocycles. The molecule has 0 unspecified atom stereocenters. The quantitative estimate of drug-likeness (QED) is 0.823. The van der Waals surface area contributed by atoms with Crippen LogP contribution in [0.15, 0.2) is 18.5 Å². The summed E-state index contributed by atoms with van der Waals surface area (Å²) in [6.45, 7) is 1.74. The predicted molar refractivity (Wildman–Crippen MR) is 72.5 cm³/mol. The fraction of sp³-hybridized carbons (Fsp3) is 0.364. The Balaban J connectivity index is 1.69. The third-order valence-corrected chi connectivity index (χ3v) is 2.73. The minimum Gasteiger partial charge on any atom is -0.475 e. The minimum absolute atomic E-state index is 0.382. The fourth-order valence-corrected chi connectivity index (χ4v) is 1.86. The number of aromatic nitrogens is 4. The van der Waals surface area contributed by atoms with E-state index in [0.29, 0.717) is 35.6 Å². The molecule has 0 saturated carbocycles. The second kappa shape index (κ2) is 6.70. The van der Waals surface area contributed by atoms with Crippen molar-refractivity contribution < 1.29 is 4.74 Å². The van der Waals surface area contributed by atoms with Gasteiger partial charge in [-0.25, -0.2) is 4.98 Å². The summed E-state index contributed by atoms with van der Waals surface area (Å²) < 4.78 is 7.09. The van der Waals surface area contributed by atoms with Crippen molar-refractivity contribution in [3.05, 3.63) is 34.2 Å². The molecule has 0 aromatic carbocycles. The van der Waals surface area contributed by atoms with Crippen LogP contribution >= 0.6 is 23.2 Å². The van der Waals surface area contributed by atoms with Crippen molar-refractivity contribution in [2.24, 2.45) is 7.05 Å². The number of ether oxygens (including phenoxy) is 1. The molecule has 2 heterocycles. The van der Waals surface area contributed by atoms with E-state index >= 15 is 0 Å². The molecule has 0 fully saturated rings. The van der Waals surface area contributed by atoms with Crippen LogP contribution in [0.2, 0.25) is 10.0 Å². The molecule has 102 valence electrons. The largest absolute Gasteiger partial charge is 0.475 e. The third-order valence-electron chi connectivity index (χ3n) is 2.25. The molecule has 1 N–H and O–H groups in total. The van der Waals surface area contributed by atoms with E-state index in [1.165, 1.54) is 6.20 Å². The average Bonchev–Trinajstić information content (AvgIpc) is 2.77. The zero-order valence-electron chi connectivity index (χ0n) is 10.3. The molecule has 2 aromatic rings. The summed E-state index contributed by atoms with van der Waals surface area (Å²) in [6.07, 6.45) is 3.35. The zero-order valence-corrected chi connectivity index (χ0v) is 11.8. The van der Waals surface area contributed by atoms with Gasteiger partial charge in [0.2, 0.25) is 5.88 Å². The van der Waals surface area contributed by atoms with Gasteiger partial charge in [-0.3, -0.25) is 4.68 Å². The van der Waals surface area contributed by atoms with Crippen LogP contribution in [0.4, 0.5) is 0 Å². The number of hydrogen-bond donors (Lipinski definition) is 1. The molecule has 0 bridgehead atoms. The van der Waals surface area contributed by atoms with Crippen LogP contribution in [0.5, 0.6) is 5.88 Å². The van der Waals surface area contributed by atoms with Gasteiger partial charge in [0.05, 0.1) is 10.7 Å². The van der Waals surface area contributed by atoms with Gasteiger partial charge in [0.1, 0.15) is 11.6 Å². The van der Waals surface area contributed by atoms with Gasteiger partial charge in [-0.2, -0.15) is 0 Å². The average molecular weight is 302 g/mol. The summed E-state index contributed by atoms with van der Waals surface area (Å²) in [7, 11) is 1.83. The van der Waals surface area contributed by atoms with Crippen LogP contribution < -0.4 is 10.1 Å². The van der Waals surface area contributed by atoms with Gasteiger partial charge >= 0.3 is 0 Å². The van der Waals surface area contributed by atoms with Gasteiger partial charge in [-0.1, -0.05) is 28.4 Å². The monoisotopic (exact) mass is 301 g/mol. The molecule has 19 heavy (non-hydrogen) atoms. The molecule has 8 heteroatoms. The number of hydrogen-bond acceptors (Lipinski definition) is 5. The molecule has 2 rings (SSSR count). The molecule has 2 aromatic heterocycles. The second-order valence-electron chi connectivity index (χ2n) is 3.85. The molecule has 6 nitrogen and oxygen atoms in total. The third kappa shape index (κ3) is 4.34. The van der Waals surface area contributed by atoms with Gasteiger partial charge in [0.25, 0.3) is 0 Å². The summed E-state index contributed by atoms with van der Waals surface area (Å²) in [6, 6.07) is 1.60.